The van der Waals surface area contributed by atoms with Gasteiger partial charge in [-0.3, -0.25) is 15.0 Å². The van der Waals surface area contributed by atoms with Crippen LogP contribution in [0.3, 0.4) is 0 Å². The van der Waals surface area contributed by atoms with Crippen LogP contribution in [0, 0.1) is 12.8 Å². The lowest BCUT2D eigenvalue weighted by Gasteiger charge is -2.51. The van der Waals surface area contributed by atoms with Crippen molar-refractivity contribution < 1.29 is 19.1 Å². The van der Waals surface area contributed by atoms with Crippen LogP contribution in [0.5, 0.6) is 0 Å². The van der Waals surface area contributed by atoms with Crippen molar-refractivity contribution in [3.8, 4) is 0 Å². The molecule has 1 aromatic carbocycles. The number of urea groups is 1. The third kappa shape index (κ3) is 6.41. The summed E-state index contributed by atoms with van der Waals surface area (Å²) in [7, 11) is 0. The number of carbonyl (C=O) groups excluding carboxylic acids is 3. The summed E-state index contributed by atoms with van der Waals surface area (Å²) < 4.78 is 6.05. The number of fused-ring (bicyclic) bond motifs is 4. The van der Waals surface area contributed by atoms with E-state index in [1.54, 1.807) is 11.0 Å². The Morgan fingerprint density at radius 3 is 2.46 bits per heavy atom. The molecule has 2 aromatic rings. The van der Waals surface area contributed by atoms with Crippen molar-refractivity contribution in [2.75, 3.05) is 70.0 Å². The first-order chi connectivity index (χ1) is 22.2. The lowest BCUT2D eigenvalue weighted by atomic mass is 9.83. The predicted molar refractivity (Wildman–Crippen MR) is 179 cm³/mol. The molecule has 13 heteroatoms. The number of hydrogen-bond acceptors (Lipinski definition) is 8. The summed E-state index contributed by atoms with van der Waals surface area (Å²) in [6.07, 6.45) is 2.58. The second-order valence-electron chi connectivity index (χ2n) is 13.5. The van der Waals surface area contributed by atoms with Gasteiger partial charge in [0, 0.05) is 69.9 Å². The molecule has 1 aromatic heterocycles. The predicted octanol–water partition coefficient (Wildman–Crippen LogP) is 4.09. The number of ether oxygens (including phenoxy) is 1. The van der Waals surface area contributed by atoms with Gasteiger partial charge in [0.05, 0.1) is 17.3 Å². The van der Waals surface area contributed by atoms with E-state index in [0.29, 0.717) is 62.3 Å². The topological polar surface area (TPSA) is 115 Å². The normalized spacial score (nSPS) is 26.1. The molecule has 0 saturated carbocycles. The fourth-order valence-corrected chi connectivity index (χ4v) is 9.10. The molecule has 6 aliphatic rings. The van der Waals surface area contributed by atoms with E-state index < -0.39 is 12.2 Å². The van der Waals surface area contributed by atoms with Gasteiger partial charge in [0.15, 0.2) is 6.10 Å². The fraction of sp³-hybridized carbons (Fsp3) is 0.606. The Kier molecular flexibility index (Phi) is 9.06. The number of carbonyl (C=O) groups is 3. The van der Waals surface area contributed by atoms with Crippen LogP contribution in [-0.4, -0.2) is 120 Å². The molecule has 6 aliphatic heterocycles. The van der Waals surface area contributed by atoms with Crippen molar-refractivity contribution in [1.82, 2.24) is 24.5 Å². The Balaban J connectivity index is 0.994. The summed E-state index contributed by atoms with van der Waals surface area (Å²) in [6, 6.07) is 6.23. The molecule has 5 saturated heterocycles. The lowest BCUT2D eigenvalue weighted by Crippen LogP contribution is -2.62. The van der Waals surface area contributed by atoms with Crippen molar-refractivity contribution >= 4 is 51.7 Å². The zero-order chi connectivity index (χ0) is 31.9. The van der Waals surface area contributed by atoms with Crippen molar-refractivity contribution in [1.29, 1.82) is 0 Å². The molecule has 7 heterocycles. The van der Waals surface area contributed by atoms with Gasteiger partial charge in [-0.15, -0.1) is 11.3 Å². The number of rotatable bonds is 6. The quantitative estimate of drug-likeness (QED) is 0.446. The van der Waals surface area contributed by atoms with Gasteiger partial charge in [-0.25, -0.2) is 9.59 Å². The number of piperidine rings is 4. The number of piperazine rings is 1. The number of likely N-dealkylation sites (tertiary alicyclic amines) is 1. The largest absolute Gasteiger partial charge is 0.436 e. The summed E-state index contributed by atoms with van der Waals surface area (Å²) in [5.74, 6) is 0.583. The standard InChI is InChI=1S/C33H44ClN7O4S/c1-21-16-22(17-26(34)29(21)35)18-28(31(42)39-13-11-38(12-14-39)27-20-37-7-2-23(27)3-8-37)45-33(44)40-9-4-25(5-10-40)41-19-24-6-15-46-30(24)36-32(41)43/h6,15-17,23,25,27-28H,2-5,7-14,18-20,35H2,1H3,(H,36,43)/t27?,28-/m1/s1. The van der Waals surface area contributed by atoms with Crippen LogP contribution in [-0.2, 0) is 22.5 Å². The summed E-state index contributed by atoms with van der Waals surface area (Å²) in [4.78, 5) is 50.9. The average Bonchev–Trinajstić information content (AvgIpc) is 3.54. The molecular weight excluding hydrogens is 626 g/mol. The van der Waals surface area contributed by atoms with Crippen LogP contribution in [0.15, 0.2) is 23.6 Å². The summed E-state index contributed by atoms with van der Waals surface area (Å²) in [6.45, 7) is 9.82. The first kappa shape index (κ1) is 31.5. The molecular formula is C33H44ClN7O4S. The fourth-order valence-electron chi connectivity index (χ4n) is 8.01. The Morgan fingerprint density at radius 1 is 1.04 bits per heavy atom. The van der Waals surface area contributed by atoms with Crippen LogP contribution in [0.2, 0.25) is 5.02 Å². The molecule has 0 aliphatic carbocycles. The van der Waals surface area contributed by atoms with Gasteiger partial charge in [-0.1, -0.05) is 17.7 Å². The number of anilines is 2. The maximum Gasteiger partial charge on any atom is 0.410 e. The highest BCUT2D eigenvalue weighted by molar-refractivity contribution is 7.14. The van der Waals surface area contributed by atoms with Gasteiger partial charge in [0.1, 0.15) is 5.00 Å². The molecule has 248 valence electrons. The molecule has 0 radical (unpaired) electrons. The molecule has 0 spiro atoms. The van der Waals surface area contributed by atoms with Gasteiger partial charge in [0.2, 0.25) is 0 Å². The zero-order valence-electron chi connectivity index (χ0n) is 26.5. The molecule has 1 unspecified atom stereocenters. The van der Waals surface area contributed by atoms with E-state index in [0.717, 1.165) is 47.2 Å². The molecule has 2 atom stereocenters. The van der Waals surface area contributed by atoms with E-state index in [-0.39, 0.29) is 24.4 Å². The van der Waals surface area contributed by atoms with Crippen molar-refractivity contribution in [3.63, 3.8) is 0 Å². The first-order valence-corrected chi connectivity index (χ1v) is 17.9. The number of nitrogens with one attached hydrogen (secondary N) is 1. The second-order valence-corrected chi connectivity index (χ2v) is 14.8. The smallest absolute Gasteiger partial charge is 0.410 e. The monoisotopic (exact) mass is 669 g/mol. The van der Waals surface area contributed by atoms with E-state index in [1.165, 1.54) is 37.3 Å². The number of nitrogens with zero attached hydrogens (tertiary/aromatic N) is 5. The van der Waals surface area contributed by atoms with Gasteiger partial charge in [-0.05, 0) is 80.3 Å². The molecule has 2 bridgehead atoms. The minimum absolute atomic E-state index is 0.0295. The third-order valence-electron chi connectivity index (χ3n) is 10.8. The number of nitrogens with two attached hydrogens (primary N) is 1. The Hall–Kier alpha value is -3.06. The minimum Gasteiger partial charge on any atom is -0.436 e. The van der Waals surface area contributed by atoms with E-state index in [4.69, 9.17) is 22.1 Å². The maximum absolute atomic E-state index is 14.0. The molecule has 46 heavy (non-hydrogen) atoms. The summed E-state index contributed by atoms with van der Waals surface area (Å²) in [5.41, 5.74) is 9.35. The molecule has 8 rings (SSSR count). The number of aryl methyl sites for hydroxylation is 1. The van der Waals surface area contributed by atoms with Gasteiger partial charge >= 0.3 is 12.1 Å². The summed E-state index contributed by atoms with van der Waals surface area (Å²) in [5, 5.41) is 6.32. The Labute approximate surface area is 279 Å². The van der Waals surface area contributed by atoms with E-state index >= 15 is 0 Å². The lowest BCUT2D eigenvalue weighted by molar-refractivity contribution is -0.143. The van der Waals surface area contributed by atoms with E-state index in [1.807, 2.05) is 34.2 Å². The Bertz CT molecular complexity index is 1440. The van der Waals surface area contributed by atoms with Crippen molar-refractivity contribution in [3.05, 3.63) is 45.3 Å². The second kappa shape index (κ2) is 13.2. The van der Waals surface area contributed by atoms with Gasteiger partial charge in [-0.2, -0.15) is 0 Å². The van der Waals surface area contributed by atoms with Crippen LogP contribution in [0.1, 0.15) is 42.4 Å². The van der Waals surface area contributed by atoms with E-state index in [9.17, 15) is 14.4 Å². The van der Waals surface area contributed by atoms with Crippen LogP contribution in [0.25, 0.3) is 0 Å². The van der Waals surface area contributed by atoms with Crippen LogP contribution in [0.4, 0.5) is 20.3 Å². The highest BCUT2D eigenvalue weighted by Crippen LogP contribution is 2.33. The third-order valence-corrected chi connectivity index (χ3v) is 12.0. The molecule has 3 N–H and O–H groups in total. The maximum atomic E-state index is 14.0. The number of halogens is 1. The Morgan fingerprint density at radius 2 is 1.78 bits per heavy atom. The van der Waals surface area contributed by atoms with Gasteiger partial charge in [0.25, 0.3) is 5.91 Å². The number of benzene rings is 1. The minimum atomic E-state index is -0.974. The number of nitrogen functional groups attached to an aromatic ring is 1. The van der Waals surface area contributed by atoms with Crippen LogP contribution < -0.4 is 11.1 Å². The molecule has 5 fully saturated rings. The molecule has 4 amide bonds. The van der Waals surface area contributed by atoms with Crippen molar-refractivity contribution in [2.45, 2.75) is 63.8 Å². The van der Waals surface area contributed by atoms with Gasteiger partial charge < -0.3 is 30.1 Å². The highest BCUT2D eigenvalue weighted by Gasteiger charge is 2.40. The highest BCUT2D eigenvalue weighted by atomic mass is 35.5. The van der Waals surface area contributed by atoms with Crippen molar-refractivity contribution in [2.24, 2.45) is 5.92 Å². The molecule has 11 nitrogen and oxygen atoms in total. The van der Waals surface area contributed by atoms with Crippen LogP contribution >= 0.6 is 22.9 Å². The zero-order valence-corrected chi connectivity index (χ0v) is 28.0. The van der Waals surface area contributed by atoms with E-state index in [2.05, 4.69) is 15.1 Å². The number of hydrogen-bond donors (Lipinski definition) is 2. The number of amides is 4. The SMILES string of the molecule is Cc1cc(C[C@@H](OC(=O)N2CCC(N3Cc4ccsc4NC3=O)CC2)C(=O)N2CCN(C3CN4CCC3CC4)CC2)cc(Cl)c1N. The average molecular weight is 670 g/mol. The number of thiophene rings is 1. The first-order valence-electron chi connectivity index (χ1n) is 16.6. The summed E-state index contributed by atoms with van der Waals surface area (Å²) >= 11 is 7.94.